The van der Waals surface area contributed by atoms with E-state index in [4.69, 9.17) is 0 Å². The molecule has 0 N–H and O–H groups in total. The SMILES string of the molecule is Cc1ncsc1CN1CCC[C@@H](c2ccnc3c(C(=O)N(C)C)cnn23)C1. The average molecular weight is 385 g/mol. The fourth-order valence-corrected chi connectivity index (χ4v) is 4.55. The molecule has 1 amide bonds. The van der Waals surface area contributed by atoms with Crippen LogP contribution in [0.3, 0.4) is 0 Å². The third-order valence-corrected chi connectivity index (χ3v) is 6.12. The molecule has 7 nitrogen and oxygen atoms in total. The predicted octanol–water partition coefficient (Wildman–Crippen LogP) is 2.58. The van der Waals surface area contributed by atoms with Gasteiger partial charge in [-0.05, 0) is 32.4 Å². The van der Waals surface area contributed by atoms with Gasteiger partial charge in [0.25, 0.3) is 5.91 Å². The predicted molar refractivity (Wildman–Crippen MR) is 105 cm³/mol. The van der Waals surface area contributed by atoms with Gasteiger partial charge in [-0.25, -0.2) is 14.5 Å². The van der Waals surface area contributed by atoms with Gasteiger partial charge in [-0.2, -0.15) is 5.10 Å². The minimum atomic E-state index is -0.0689. The summed E-state index contributed by atoms with van der Waals surface area (Å²) in [5.74, 6) is 0.306. The van der Waals surface area contributed by atoms with Crippen molar-refractivity contribution in [1.82, 2.24) is 29.4 Å². The quantitative estimate of drug-likeness (QED) is 0.692. The van der Waals surface area contributed by atoms with Crippen molar-refractivity contribution in [3.63, 3.8) is 0 Å². The number of hydrogen-bond donors (Lipinski definition) is 0. The summed E-state index contributed by atoms with van der Waals surface area (Å²) in [5.41, 5.74) is 5.37. The molecule has 0 radical (unpaired) electrons. The summed E-state index contributed by atoms with van der Waals surface area (Å²) >= 11 is 1.73. The van der Waals surface area contributed by atoms with Crippen LogP contribution in [0.15, 0.2) is 24.0 Å². The monoisotopic (exact) mass is 384 g/mol. The van der Waals surface area contributed by atoms with Gasteiger partial charge in [-0.15, -0.1) is 11.3 Å². The molecule has 1 atom stereocenters. The lowest BCUT2D eigenvalue weighted by Crippen LogP contribution is -2.34. The molecule has 1 aliphatic heterocycles. The fraction of sp³-hybridized carbons (Fsp3) is 0.474. The molecule has 0 spiro atoms. The van der Waals surface area contributed by atoms with Gasteiger partial charge in [0.2, 0.25) is 0 Å². The molecular weight excluding hydrogens is 360 g/mol. The highest BCUT2D eigenvalue weighted by Crippen LogP contribution is 2.29. The minimum absolute atomic E-state index is 0.0689. The van der Waals surface area contributed by atoms with E-state index in [0.717, 1.165) is 43.9 Å². The van der Waals surface area contributed by atoms with Gasteiger partial charge in [-0.3, -0.25) is 9.69 Å². The molecule has 142 valence electrons. The van der Waals surface area contributed by atoms with Crippen molar-refractivity contribution < 1.29 is 4.79 Å². The van der Waals surface area contributed by atoms with Crippen molar-refractivity contribution in [1.29, 1.82) is 0 Å². The van der Waals surface area contributed by atoms with E-state index in [9.17, 15) is 4.79 Å². The van der Waals surface area contributed by atoms with Crippen LogP contribution in [0, 0.1) is 6.92 Å². The van der Waals surface area contributed by atoms with Crippen LogP contribution in [-0.4, -0.2) is 62.5 Å². The van der Waals surface area contributed by atoms with Gasteiger partial charge in [-0.1, -0.05) is 0 Å². The van der Waals surface area contributed by atoms with E-state index in [0.29, 0.717) is 17.1 Å². The highest BCUT2D eigenvalue weighted by atomic mass is 32.1. The summed E-state index contributed by atoms with van der Waals surface area (Å²) in [6.45, 7) is 5.11. The maximum atomic E-state index is 12.4. The summed E-state index contributed by atoms with van der Waals surface area (Å²) in [7, 11) is 3.49. The summed E-state index contributed by atoms with van der Waals surface area (Å²) < 4.78 is 1.85. The largest absolute Gasteiger partial charge is 0.345 e. The van der Waals surface area contributed by atoms with Crippen LogP contribution in [0.1, 0.15) is 45.4 Å². The maximum absolute atomic E-state index is 12.4. The summed E-state index contributed by atoms with van der Waals surface area (Å²) in [4.78, 5) is 26.6. The number of carbonyl (C=O) groups is 1. The first-order chi connectivity index (χ1) is 13.0. The van der Waals surface area contributed by atoms with E-state index in [1.165, 1.54) is 4.88 Å². The first kappa shape index (κ1) is 18.1. The number of amides is 1. The van der Waals surface area contributed by atoms with Crippen molar-refractivity contribution in [3.8, 4) is 0 Å². The van der Waals surface area contributed by atoms with Gasteiger partial charge in [0.15, 0.2) is 5.65 Å². The molecule has 0 aliphatic carbocycles. The first-order valence-corrected chi connectivity index (χ1v) is 10.1. The molecule has 3 aromatic heterocycles. The average Bonchev–Trinajstić information content (AvgIpc) is 3.27. The summed E-state index contributed by atoms with van der Waals surface area (Å²) in [5, 5.41) is 4.49. The van der Waals surface area contributed by atoms with Crippen molar-refractivity contribution in [2.75, 3.05) is 27.2 Å². The zero-order valence-electron chi connectivity index (χ0n) is 15.9. The smallest absolute Gasteiger partial charge is 0.258 e. The zero-order valence-corrected chi connectivity index (χ0v) is 16.7. The maximum Gasteiger partial charge on any atom is 0.258 e. The van der Waals surface area contributed by atoms with Crippen molar-refractivity contribution in [3.05, 3.63) is 45.8 Å². The number of likely N-dealkylation sites (tertiary alicyclic amines) is 1. The molecular formula is C19H24N6OS. The van der Waals surface area contributed by atoms with E-state index in [2.05, 4.69) is 26.9 Å². The Morgan fingerprint density at radius 1 is 1.37 bits per heavy atom. The van der Waals surface area contributed by atoms with E-state index in [-0.39, 0.29) is 5.91 Å². The van der Waals surface area contributed by atoms with Crippen LogP contribution in [0.5, 0.6) is 0 Å². The Hall–Kier alpha value is -2.32. The van der Waals surface area contributed by atoms with Crippen molar-refractivity contribution in [2.24, 2.45) is 0 Å². The molecule has 0 unspecified atom stereocenters. The second-order valence-corrected chi connectivity index (χ2v) is 8.24. The Morgan fingerprint density at radius 3 is 2.96 bits per heavy atom. The van der Waals surface area contributed by atoms with Gasteiger partial charge in [0, 0.05) is 44.2 Å². The molecule has 8 heteroatoms. The summed E-state index contributed by atoms with van der Waals surface area (Å²) in [6.07, 6.45) is 5.70. The molecule has 3 aromatic rings. The Morgan fingerprint density at radius 2 is 2.22 bits per heavy atom. The highest BCUT2D eigenvalue weighted by Gasteiger charge is 2.26. The third-order valence-electron chi connectivity index (χ3n) is 5.20. The van der Waals surface area contributed by atoms with Crippen LogP contribution in [0.25, 0.3) is 5.65 Å². The number of aromatic nitrogens is 4. The number of nitrogens with zero attached hydrogens (tertiary/aromatic N) is 6. The zero-order chi connectivity index (χ0) is 19.0. The molecule has 1 saturated heterocycles. The van der Waals surface area contributed by atoms with Crippen LogP contribution in [0.2, 0.25) is 0 Å². The van der Waals surface area contributed by atoms with E-state index in [1.54, 1.807) is 42.7 Å². The van der Waals surface area contributed by atoms with Gasteiger partial charge < -0.3 is 4.90 Å². The van der Waals surface area contributed by atoms with Crippen LogP contribution >= 0.6 is 11.3 Å². The number of carbonyl (C=O) groups excluding carboxylic acids is 1. The van der Waals surface area contributed by atoms with Crippen molar-refractivity contribution in [2.45, 2.75) is 32.2 Å². The Kier molecular flexibility index (Phi) is 4.92. The molecule has 0 aromatic carbocycles. The second-order valence-electron chi connectivity index (χ2n) is 7.30. The molecule has 0 saturated carbocycles. The second kappa shape index (κ2) is 7.36. The third kappa shape index (κ3) is 3.46. The molecule has 1 aliphatic rings. The fourth-order valence-electron chi connectivity index (χ4n) is 3.73. The van der Waals surface area contributed by atoms with Crippen molar-refractivity contribution >= 4 is 22.9 Å². The highest BCUT2D eigenvalue weighted by molar-refractivity contribution is 7.09. The molecule has 1 fully saturated rings. The lowest BCUT2D eigenvalue weighted by Gasteiger charge is -2.32. The molecule has 4 rings (SSSR count). The van der Waals surface area contributed by atoms with E-state index in [1.807, 2.05) is 16.1 Å². The topological polar surface area (TPSA) is 66.6 Å². The molecule has 0 bridgehead atoms. The van der Waals surface area contributed by atoms with Crippen LogP contribution in [0.4, 0.5) is 0 Å². The number of rotatable bonds is 4. The lowest BCUT2D eigenvalue weighted by atomic mass is 9.94. The Bertz CT molecular complexity index is 962. The van der Waals surface area contributed by atoms with E-state index >= 15 is 0 Å². The molecule has 27 heavy (non-hydrogen) atoms. The Labute approximate surface area is 162 Å². The first-order valence-electron chi connectivity index (χ1n) is 9.20. The van der Waals surface area contributed by atoms with Crippen LogP contribution < -0.4 is 0 Å². The lowest BCUT2D eigenvalue weighted by molar-refractivity contribution is 0.0829. The number of thiazole rings is 1. The standard InChI is InChI=1S/C19H24N6OS/c1-13-17(27-12-21-13)11-24-8-4-5-14(10-24)16-6-7-20-18-15(9-22-25(16)18)19(26)23(2)3/h6-7,9,12,14H,4-5,8,10-11H2,1-3H3/t14-/m1/s1. The molecule has 4 heterocycles. The number of piperidine rings is 1. The minimum Gasteiger partial charge on any atom is -0.345 e. The van der Waals surface area contributed by atoms with Gasteiger partial charge >= 0.3 is 0 Å². The number of fused-ring (bicyclic) bond motifs is 1. The number of hydrogen-bond acceptors (Lipinski definition) is 6. The Balaban J connectivity index is 1.60. The normalized spacial score (nSPS) is 18.1. The van der Waals surface area contributed by atoms with Gasteiger partial charge in [0.05, 0.1) is 23.1 Å². The summed E-state index contributed by atoms with van der Waals surface area (Å²) in [6, 6.07) is 2.04. The number of aryl methyl sites for hydroxylation is 1. The van der Waals surface area contributed by atoms with Crippen LogP contribution in [-0.2, 0) is 6.54 Å². The van der Waals surface area contributed by atoms with E-state index < -0.39 is 0 Å². The van der Waals surface area contributed by atoms with Gasteiger partial charge in [0.1, 0.15) is 5.56 Å².